The number of carbonyl (C=O) groups is 7. The number of hydrogen-bond donors (Lipinski definition) is 0. The monoisotopic (exact) mass is 706 g/mol. The SMILES string of the molecule is CCOCC(=O)c1ccc(C(c2ccc(C(=O)C(=O)OCC)cc2)(c2ccc(C(=O)C(=O)OCC)cc2)c2ccc(C(=O)C(=O)OCC)cc2)cc1. The fraction of sp³-hybridized carbons (Fsp3) is 0.244. The van der Waals surface area contributed by atoms with Gasteiger partial charge in [-0.2, -0.15) is 0 Å². The molecule has 0 saturated carbocycles. The summed E-state index contributed by atoms with van der Waals surface area (Å²) in [6.45, 7) is 6.90. The topological polar surface area (TPSA) is 156 Å². The summed E-state index contributed by atoms with van der Waals surface area (Å²) in [6.07, 6.45) is 0. The van der Waals surface area contributed by atoms with E-state index in [-0.39, 0.29) is 48.9 Å². The molecule has 0 fully saturated rings. The molecule has 0 N–H and O–H groups in total. The van der Waals surface area contributed by atoms with Crippen LogP contribution in [0.25, 0.3) is 0 Å². The van der Waals surface area contributed by atoms with Gasteiger partial charge >= 0.3 is 17.9 Å². The molecule has 268 valence electrons. The molecular weight excluding hydrogens is 668 g/mol. The van der Waals surface area contributed by atoms with E-state index in [2.05, 4.69) is 0 Å². The van der Waals surface area contributed by atoms with Gasteiger partial charge in [-0.3, -0.25) is 19.2 Å². The van der Waals surface area contributed by atoms with Crippen molar-refractivity contribution in [2.45, 2.75) is 33.1 Å². The molecule has 4 rings (SSSR count). The molecule has 0 amide bonds. The maximum absolute atomic E-state index is 12.8. The van der Waals surface area contributed by atoms with Crippen LogP contribution in [0.3, 0.4) is 0 Å². The van der Waals surface area contributed by atoms with E-state index in [0.717, 1.165) is 0 Å². The first-order valence-electron chi connectivity index (χ1n) is 16.7. The Bertz CT molecular complexity index is 1760. The maximum Gasteiger partial charge on any atom is 0.379 e. The van der Waals surface area contributed by atoms with Gasteiger partial charge in [-0.15, -0.1) is 0 Å². The van der Waals surface area contributed by atoms with Crippen LogP contribution >= 0.6 is 0 Å². The molecule has 11 nitrogen and oxygen atoms in total. The number of ether oxygens (including phenoxy) is 4. The Balaban J connectivity index is 2.00. The second-order valence-electron chi connectivity index (χ2n) is 11.3. The average molecular weight is 707 g/mol. The number of esters is 3. The van der Waals surface area contributed by atoms with Crippen LogP contribution in [0.4, 0.5) is 0 Å². The highest BCUT2D eigenvalue weighted by Gasteiger charge is 2.39. The standard InChI is InChI=1S/C41H38O11/c1-5-49-25-34(42)26-9-17-30(18-10-26)41(31-19-11-27(12-20-31)35(43)38(46)50-6-2,32-21-13-28(14-22-32)36(44)39(47)51-7-3)33-23-15-29(16-24-33)37(45)40(48)52-8-4/h9-24H,5-8,25H2,1-4H3. The van der Waals surface area contributed by atoms with Crippen LogP contribution in [0.2, 0.25) is 0 Å². The highest BCUT2D eigenvalue weighted by molar-refractivity contribution is 6.41. The number of Topliss-reactive ketones (excluding diaryl/α,β-unsaturated/α-hetero) is 4. The summed E-state index contributed by atoms with van der Waals surface area (Å²) >= 11 is 0. The third-order valence-corrected chi connectivity index (χ3v) is 8.20. The van der Waals surface area contributed by atoms with Crippen molar-refractivity contribution in [1.82, 2.24) is 0 Å². The van der Waals surface area contributed by atoms with Crippen LogP contribution in [0, 0.1) is 0 Å². The molecule has 0 aliphatic heterocycles. The van der Waals surface area contributed by atoms with Gasteiger partial charge in [0.25, 0.3) is 17.3 Å². The van der Waals surface area contributed by atoms with Crippen molar-refractivity contribution in [3.63, 3.8) is 0 Å². The molecule has 0 bridgehead atoms. The Morgan fingerprint density at radius 2 is 0.673 bits per heavy atom. The summed E-state index contributed by atoms with van der Waals surface area (Å²) < 4.78 is 20.0. The van der Waals surface area contributed by atoms with Crippen molar-refractivity contribution in [3.05, 3.63) is 142 Å². The van der Waals surface area contributed by atoms with Crippen LogP contribution < -0.4 is 0 Å². The Morgan fingerprint density at radius 3 is 0.923 bits per heavy atom. The number of rotatable bonds is 17. The Morgan fingerprint density at radius 1 is 0.404 bits per heavy atom. The third-order valence-electron chi connectivity index (χ3n) is 8.20. The van der Waals surface area contributed by atoms with Gasteiger partial charge in [0.1, 0.15) is 6.61 Å². The molecule has 0 aliphatic carbocycles. The highest BCUT2D eigenvalue weighted by atomic mass is 16.5. The number of carbonyl (C=O) groups excluding carboxylic acids is 7. The Labute approximate surface area is 300 Å². The Kier molecular flexibility index (Phi) is 13.2. The molecule has 11 heteroatoms. The minimum Gasteiger partial charge on any atom is -0.460 e. The lowest BCUT2D eigenvalue weighted by Crippen LogP contribution is -2.31. The van der Waals surface area contributed by atoms with Crippen molar-refractivity contribution >= 4 is 41.0 Å². The van der Waals surface area contributed by atoms with Gasteiger partial charge in [-0.25, -0.2) is 14.4 Å². The van der Waals surface area contributed by atoms with E-state index < -0.39 is 40.7 Å². The minimum absolute atomic E-state index is 0.0260. The summed E-state index contributed by atoms with van der Waals surface area (Å²) in [5.74, 6) is -5.74. The van der Waals surface area contributed by atoms with E-state index in [1.807, 2.05) is 0 Å². The predicted octanol–water partition coefficient (Wildman–Crippen LogP) is 5.53. The molecule has 4 aromatic rings. The average Bonchev–Trinajstić information content (AvgIpc) is 3.17. The zero-order valence-corrected chi connectivity index (χ0v) is 29.3. The van der Waals surface area contributed by atoms with Gasteiger partial charge in [0, 0.05) is 28.9 Å². The Hall–Kier alpha value is -6.07. The fourth-order valence-corrected chi connectivity index (χ4v) is 5.74. The number of ketones is 4. The molecule has 4 aromatic carbocycles. The van der Waals surface area contributed by atoms with Crippen molar-refractivity contribution in [3.8, 4) is 0 Å². The molecule has 0 radical (unpaired) electrons. The molecular formula is C41H38O11. The first-order chi connectivity index (χ1) is 25.0. The maximum atomic E-state index is 12.8. The number of benzene rings is 4. The quantitative estimate of drug-likeness (QED) is 0.0448. The highest BCUT2D eigenvalue weighted by Crippen LogP contribution is 2.45. The van der Waals surface area contributed by atoms with E-state index >= 15 is 0 Å². The second kappa shape index (κ2) is 17.7. The lowest BCUT2D eigenvalue weighted by atomic mass is 9.64. The molecule has 0 spiro atoms. The van der Waals surface area contributed by atoms with Gasteiger partial charge in [0.05, 0.1) is 25.2 Å². The van der Waals surface area contributed by atoms with E-state index in [1.54, 1.807) is 88.4 Å². The molecule has 0 atom stereocenters. The van der Waals surface area contributed by atoms with E-state index in [0.29, 0.717) is 34.4 Å². The summed E-state index contributed by atoms with van der Waals surface area (Å²) in [7, 11) is 0. The van der Waals surface area contributed by atoms with Gasteiger partial charge in [-0.05, 0) is 49.9 Å². The first-order valence-corrected chi connectivity index (χ1v) is 16.7. The lowest BCUT2D eigenvalue weighted by Gasteiger charge is -2.37. The fourth-order valence-electron chi connectivity index (χ4n) is 5.74. The zero-order valence-electron chi connectivity index (χ0n) is 29.3. The van der Waals surface area contributed by atoms with Crippen LogP contribution in [0.1, 0.15) is 91.4 Å². The zero-order chi connectivity index (χ0) is 37.8. The predicted molar refractivity (Wildman–Crippen MR) is 188 cm³/mol. The van der Waals surface area contributed by atoms with E-state index in [9.17, 15) is 33.6 Å². The van der Waals surface area contributed by atoms with Crippen molar-refractivity contribution < 1.29 is 52.5 Å². The van der Waals surface area contributed by atoms with Crippen LogP contribution in [0.5, 0.6) is 0 Å². The molecule has 0 aromatic heterocycles. The lowest BCUT2D eigenvalue weighted by molar-refractivity contribution is -0.138. The summed E-state index contributed by atoms with van der Waals surface area (Å²) in [5, 5.41) is 0. The number of hydrogen-bond acceptors (Lipinski definition) is 11. The van der Waals surface area contributed by atoms with Crippen LogP contribution in [-0.2, 0) is 38.7 Å². The molecule has 0 heterocycles. The van der Waals surface area contributed by atoms with Crippen LogP contribution in [0.15, 0.2) is 97.1 Å². The third kappa shape index (κ3) is 8.27. The minimum atomic E-state index is -1.27. The van der Waals surface area contributed by atoms with Gasteiger partial charge in [0.2, 0.25) is 0 Å². The molecule has 0 saturated heterocycles. The van der Waals surface area contributed by atoms with Gasteiger partial charge in [0.15, 0.2) is 5.78 Å². The van der Waals surface area contributed by atoms with Gasteiger partial charge < -0.3 is 18.9 Å². The summed E-state index contributed by atoms with van der Waals surface area (Å²) in [6, 6.07) is 25.7. The van der Waals surface area contributed by atoms with Crippen molar-refractivity contribution in [1.29, 1.82) is 0 Å². The molecule has 52 heavy (non-hydrogen) atoms. The van der Waals surface area contributed by atoms with E-state index in [4.69, 9.17) is 18.9 Å². The normalized spacial score (nSPS) is 10.9. The van der Waals surface area contributed by atoms with Crippen molar-refractivity contribution in [2.75, 3.05) is 33.0 Å². The van der Waals surface area contributed by atoms with Crippen molar-refractivity contribution in [2.24, 2.45) is 0 Å². The van der Waals surface area contributed by atoms with E-state index in [1.165, 1.54) is 36.4 Å². The van der Waals surface area contributed by atoms with Crippen LogP contribution in [-0.4, -0.2) is 74.1 Å². The second-order valence-corrected chi connectivity index (χ2v) is 11.3. The molecule has 0 aliphatic rings. The summed E-state index contributed by atoms with van der Waals surface area (Å²) in [5.41, 5.74) is 1.73. The first kappa shape index (κ1) is 38.7. The van der Waals surface area contributed by atoms with Gasteiger partial charge in [-0.1, -0.05) is 97.1 Å². The summed E-state index contributed by atoms with van der Waals surface area (Å²) in [4.78, 5) is 88.1. The smallest absolute Gasteiger partial charge is 0.379 e. The largest absolute Gasteiger partial charge is 0.460 e. The molecule has 0 unspecified atom stereocenters.